The quantitative estimate of drug-likeness (QED) is 0.273. The number of carbonyl (C=O) groups is 1. The first-order valence-electron chi connectivity index (χ1n) is 14.0. The number of pyridine rings is 1. The summed E-state index contributed by atoms with van der Waals surface area (Å²) in [6, 6.07) is 26.6. The highest BCUT2D eigenvalue weighted by molar-refractivity contribution is 7.89. The molecule has 0 bridgehead atoms. The molecular formula is C33H32FN3O3S. The zero-order valence-corrected chi connectivity index (χ0v) is 23.6. The zero-order valence-electron chi connectivity index (χ0n) is 22.8. The summed E-state index contributed by atoms with van der Waals surface area (Å²) in [6.45, 7) is 2.23. The van der Waals surface area contributed by atoms with E-state index < -0.39 is 21.9 Å². The summed E-state index contributed by atoms with van der Waals surface area (Å²) in [5.41, 5.74) is 5.36. The van der Waals surface area contributed by atoms with Crippen LogP contribution < -0.4 is 9.62 Å². The third-order valence-electron chi connectivity index (χ3n) is 8.05. The molecule has 1 saturated carbocycles. The number of amides is 1. The first kappa shape index (κ1) is 27.3. The Morgan fingerprint density at radius 3 is 2.56 bits per heavy atom. The molecule has 1 heterocycles. The van der Waals surface area contributed by atoms with E-state index in [0.29, 0.717) is 18.7 Å². The Hall–Kier alpha value is -3.88. The highest BCUT2D eigenvalue weighted by Gasteiger charge is 2.46. The second-order valence-electron chi connectivity index (χ2n) is 10.9. The Balaban J connectivity index is 1.33. The van der Waals surface area contributed by atoms with E-state index in [-0.39, 0.29) is 22.6 Å². The number of rotatable bonds is 8. The highest BCUT2D eigenvalue weighted by Crippen LogP contribution is 2.49. The first-order chi connectivity index (χ1) is 19.8. The van der Waals surface area contributed by atoms with Gasteiger partial charge in [-0.2, -0.15) is 0 Å². The summed E-state index contributed by atoms with van der Waals surface area (Å²) in [5.74, 6) is -0.714. The van der Waals surface area contributed by atoms with E-state index in [2.05, 4.69) is 21.8 Å². The minimum absolute atomic E-state index is 0.0291. The second kappa shape index (κ2) is 11.2. The number of halogens is 1. The summed E-state index contributed by atoms with van der Waals surface area (Å²) in [6.07, 6.45) is 2.97. The van der Waals surface area contributed by atoms with Gasteiger partial charge in [-0.05, 0) is 91.6 Å². The average molecular weight is 570 g/mol. The van der Waals surface area contributed by atoms with Crippen molar-refractivity contribution in [2.24, 2.45) is 5.92 Å². The van der Waals surface area contributed by atoms with Crippen LogP contribution in [-0.4, -0.2) is 19.3 Å². The Morgan fingerprint density at radius 2 is 1.78 bits per heavy atom. The first-order valence-corrected chi connectivity index (χ1v) is 15.5. The molecule has 1 N–H and O–H groups in total. The smallest absolute Gasteiger partial charge is 0.244 e. The van der Waals surface area contributed by atoms with Crippen LogP contribution in [0.15, 0.2) is 95.9 Å². The van der Waals surface area contributed by atoms with Gasteiger partial charge in [0, 0.05) is 23.3 Å². The van der Waals surface area contributed by atoms with E-state index >= 15 is 0 Å². The molecule has 0 unspecified atom stereocenters. The molecule has 0 aliphatic heterocycles. The molecule has 8 heteroatoms. The Kier molecular flexibility index (Phi) is 7.45. The van der Waals surface area contributed by atoms with Crippen molar-refractivity contribution in [3.8, 4) is 0 Å². The number of hydrogen-bond acceptors (Lipinski definition) is 4. The average Bonchev–Trinajstić information content (AvgIpc) is 3.77. The number of nitrogens with zero attached hydrogens (tertiary/aromatic N) is 2. The Labute approximate surface area is 240 Å². The molecule has 6 rings (SSSR count). The topological polar surface area (TPSA) is 79.4 Å². The van der Waals surface area contributed by atoms with Crippen molar-refractivity contribution in [1.82, 2.24) is 9.71 Å². The fourth-order valence-corrected chi connectivity index (χ4v) is 7.20. The van der Waals surface area contributed by atoms with Gasteiger partial charge < -0.3 is 4.90 Å². The van der Waals surface area contributed by atoms with Crippen LogP contribution in [0.1, 0.15) is 59.3 Å². The van der Waals surface area contributed by atoms with E-state index in [1.807, 2.05) is 61.5 Å². The van der Waals surface area contributed by atoms with Gasteiger partial charge in [0.2, 0.25) is 15.9 Å². The second-order valence-corrected chi connectivity index (χ2v) is 12.6. The van der Waals surface area contributed by atoms with E-state index in [9.17, 15) is 17.6 Å². The summed E-state index contributed by atoms with van der Waals surface area (Å²) >= 11 is 0. The third kappa shape index (κ3) is 5.80. The highest BCUT2D eigenvalue weighted by atomic mass is 32.2. The van der Waals surface area contributed by atoms with Crippen molar-refractivity contribution < 1.29 is 17.6 Å². The van der Waals surface area contributed by atoms with Crippen LogP contribution in [0.4, 0.5) is 10.1 Å². The van der Waals surface area contributed by atoms with E-state index in [4.69, 9.17) is 0 Å². The van der Waals surface area contributed by atoms with Gasteiger partial charge in [0.25, 0.3) is 0 Å². The lowest BCUT2D eigenvalue weighted by atomic mass is 9.87. The summed E-state index contributed by atoms with van der Waals surface area (Å²) in [4.78, 5) is 20.1. The maximum absolute atomic E-state index is 14.4. The molecule has 2 aliphatic carbocycles. The van der Waals surface area contributed by atoms with Gasteiger partial charge in [-0.3, -0.25) is 9.78 Å². The standard InChI is InChI=1S/C33H32FN3O3S/c1-22-9-7-13-25(35-22)21-37(33(38)29-20-27(29)23-10-3-2-4-11-23)26-18-17-24-12-8-15-31(28(24)19-26)36-41(39,40)32-16-6-5-14-30(32)34/h2-7,9-11,13-14,16-19,27,29,31,36H,8,12,15,20-21H2,1H3/t27-,29-,31+/m1/s1. The molecule has 6 nitrogen and oxygen atoms in total. The maximum Gasteiger partial charge on any atom is 0.244 e. The normalized spacial score (nSPS) is 19.8. The van der Waals surface area contributed by atoms with Crippen molar-refractivity contribution in [1.29, 1.82) is 0 Å². The van der Waals surface area contributed by atoms with Crippen LogP contribution in [0.3, 0.4) is 0 Å². The number of sulfonamides is 1. The summed E-state index contributed by atoms with van der Waals surface area (Å²) in [7, 11) is -4.09. The van der Waals surface area contributed by atoms with Crippen molar-refractivity contribution in [2.75, 3.05) is 4.90 Å². The fraction of sp³-hybridized carbons (Fsp3) is 0.273. The van der Waals surface area contributed by atoms with E-state index in [1.165, 1.54) is 18.2 Å². The minimum atomic E-state index is -4.09. The van der Waals surface area contributed by atoms with Gasteiger partial charge in [0.05, 0.1) is 12.2 Å². The van der Waals surface area contributed by atoms with Crippen LogP contribution in [-0.2, 0) is 27.8 Å². The van der Waals surface area contributed by atoms with Crippen LogP contribution >= 0.6 is 0 Å². The van der Waals surface area contributed by atoms with E-state index in [0.717, 1.165) is 53.4 Å². The van der Waals surface area contributed by atoms with Crippen LogP contribution in [0.5, 0.6) is 0 Å². The number of benzene rings is 3. The molecule has 1 fully saturated rings. The molecule has 41 heavy (non-hydrogen) atoms. The largest absolute Gasteiger partial charge is 0.306 e. The predicted molar refractivity (Wildman–Crippen MR) is 156 cm³/mol. The van der Waals surface area contributed by atoms with Crippen LogP contribution in [0.2, 0.25) is 0 Å². The number of hydrogen-bond donors (Lipinski definition) is 1. The van der Waals surface area contributed by atoms with Crippen molar-refractivity contribution in [2.45, 2.75) is 56.0 Å². The summed E-state index contributed by atoms with van der Waals surface area (Å²) < 4.78 is 43.5. The molecule has 3 atom stereocenters. The zero-order chi connectivity index (χ0) is 28.6. The maximum atomic E-state index is 14.4. The number of nitrogens with one attached hydrogen (secondary N) is 1. The number of anilines is 1. The monoisotopic (exact) mass is 569 g/mol. The van der Waals surface area contributed by atoms with Gasteiger partial charge in [-0.25, -0.2) is 17.5 Å². The van der Waals surface area contributed by atoms with Gasteiger partial charge in [0.15, 0.2) is 0 Å². The number of aromatic nitrogens is 1. The number of fused-ring (bicyclic) bond motifs is 1. The van der Waals surface area contributed by atoms with E-state index in [1.54, 1.807) is 4.90 Å². The lowest BCUT2D eigenvalue weighted by Gasteiger charge is -2.29. The third-order valence-corrected chi connectivity index (χ3v) is 9.55. The van der Waals surface area contributed by atoms with Gasteiger partial charge in [0.1, 0.15) is 10.7 Å². The lowest BCUT2D eigenvalue weighted by Crippen LogP contribution is -2.34. The predicted octanol–water partition coefficient (Wildman–Crippen LogP) is 6.22. The van der Waals surface area contributed by atoms with Crippen molar-refractivity contribution in [3.05, 3.63) is 125 Å². The number of aryl methyl sites for hydroxylation is 2. The lowest BCUT2D eigenvalue weighted by molar-refractivity contribution is -0.120. The fourth-order valence-electron chi connectivity index (χ4n) is 5.87. The van der Waals surface area contributed by atoms with Crippen LogP contribution in [0, 0.1) is 18.7 Å². The molecule has 0 saturated heterocycles. The molecule has 0 spiro atoms. The molecule has 1 aromatic heterocycles. The summed E-state index contributed by atoms with van der Waals surface area (Å²) in [5, 5.41) is 0. The molecular weight excluding hydrogens is 537 g/mol. The van der Waals surface area contributed by atoms with Crippen molar-refractivity contribution >= 4 is 21.6 Å². The van der Waals surface area contributed by atoms with Crippen molar-refractivity contribution in [3.63, 3.8) is 0 Å². The van der Waals surface area contributed by atoms with Gasteiger partial charge in [-0.15, -0.1) is 0 Å². The molecule has 3 aromatic carbocycles. The number of carbonyl (C=O) groups excluding carboxylic acids is 1. The molecule has 1 amide bonds. The van der Waals surface area contributed by atoms with Gasteiger partial charge >= 0.3 is 0 Å². The van der Waals surface area contributed by atoms with Gasteiger partial charge in [-0.1, -0.05) is 54.6 Å². The molecule has 210 valence electrons. The molecule has 0 radical (unpaired) electrons. The van der Waals surface area contributed by atoms with Crippen LogP contribution in [0.25, 0.3) is 0 Å². The Bertz CT molecular complexity index is 1690. The SMILES string of the molecule is Cc1cccc(CN(C(=O)[C@@H]2C[C@@H]2c2ccccc2)c2ccc3c(c2)[C@@H](NS(=O)(=O)c2ccccc2F)CCC3)n1. The molecule has 4 aromatic rings. The molecule has 2 aliphatic rings. The Morgan fingerprint density at radius 1 is 1.00 bits per heavy atom. The minimum Gasteiger partial charge on any atom is -0.306 e.